The number of hydrogen-bond acceptors (Lipinski definition) is 6. The van der Waals surface area contributed by atoms with Gasteiger partial charge in [0.15, 0.2) is 17.2 Å². The number of carboxylic acid groups (broad SMARTS) is 1. The highest BCUT2D eigenvalue weighted by Crippen LogP contribution is 2.32. The van der Waals surface area contributed by atoms with Gasteiger partial charge < -0.3 is 19.5 Å². The minimum atomic E-state index is -1.55. The van der Waals surface area contributed by atoms with Crippen molar-refractivity contribution < 1.29 is 33.9 Å². The Balaban J connectivity index is 3.00. The molecule has 1 rings (SSSR count). The molecule has 0 saturated carbocycles. The van der Waals surface area contributed by atoms with E-state index in [-0.39, 0.29) is 22.8 Å². The molecule has 1 aromatic carbocycles. The van der Waals surface area contributed by atoms with Crippen LogP contribution in [0.25, 0.3) is 0 Å². The normalized spacial score (nSPS) is 10.7. The summed E-state index contributed by atoms with van der Waals surface area (Å²) in [5.74, 6) is -0.772. The summed E-state index contributed by atoms with van der Waals surface area (Å²) in [6.07, 6.45) is -1.55. The van der Waals surface area contributed by atoms with Crippen molar-refractivity contribution >= 4 is 12.1 Å². The molecule has 0 spiro atoms. The second-order valence-electron chi connectivity index (χ2n) is 5.43. The molecule has 0 radical (unpaired) electrons. The Morgan fingerprint density at radius 2 is 1.77 bits per heavy atom. The van der Waals surface area contributed by atoms with E-state index in [1.807, 2.05) is 0 Å². The molecule has 22 heavy (non-hydrogen) atoms. The molecule has 0 heterocycles. The number of benzene rings is 1. The van der Waals surface area contributed by atoms with Crippen molar-refractivity contribution in [2.45, 2.75) is 33.3 Å². The molecule has 0 atom stereocenters. The predicted octanol–water partition coefficient (Wildman–Crippen LogP) is 3.33. The molecule has 0 aliphatic rings. The molecule has 0 unspecified atom stereocenters. The van der Waals surface area contributed by atoms with E-state index in [9.17, 15) is 9.59 Å². The van der Waals surface area contributed by atoms with Gasteiger partial charge in [-0.25, -0.2) is 9.59 Å². The SMILES string of the molecule is C=C(C)C(=O)Oc1ccc(OOC(C)(C)C)cc1OC(=O)O. The van der Waals surface area contributed by atoms with Crippen LogP contribution in [0.3, 0.4) is 0 Å². The summed E-state index contributed by atoms with van der Waals surface area (Å²) in [4.78, 5) is 32.4. The molecule has 7 heteroatoms. The maximum Gasteiger partial charge on any atom is 0.511 e. The third-order valence-corrected chi connectivity index (χ3v) is 2.05. The van der Waals surface area contributed by atoms with Gasteiger partial charge in [-0.15, -0.1) is 0 Å². The molecular weight excluding hydrogens is 292 g/mol. The summed E-state index contributed by atoms with van der Waals surface area (Å²) < 4.78 is 9.56. The zero-order valence-corrected chi connectivity index (χ0v) is 12.8. The lowest BCUT2D eigenvalue weighted by molar-refractivity contribution is -0.274. The predicted molar refractivity (Wildman–Crippen MR) is 77.0 cm³/mol. The molecule has 1 N–H and O–H groups in total. The van der Waals surface area contributed by atoms with Crippen LogP contribution in [0.4, 0.5) is 4.79 Å². The first-order valence-electron chi connectivity index (χ1n) is 6.36. The van der Waals surface area contributed by atoms with Crippen LogP contribution in [0, 0.1) is 0 Å². The molecule has 0 amide bonds. The standard InChI is InChI=1S/C15H18O7/c1-9(2)13(16)19-11-7-6-10(21-22-15(3,4)5)8-12(11)20-14(17)18/h6-8H,1H2,2-5H3,(H,17,18). The van der Waals surface area contributed by atoms with Gasteiger partial charge in [-0.2, -0.15) is 4.89 Å². The summed E-state index contributed by atoms with van der Waals surface area (Å²) in [5.41, 5.74) is -0.392. The number of hydrogen-bond donors (Lipinski definition) is 1. The van der Waals surface area contributed by atoms with Crippen LogP contribution < -0.4 is 14.4 Å². The van der Waals surface area contributed by atoms with Gasteiger partial charge in [-0.05, 0) is 39.8 Å². The minimum absolute atomic E-state index is 0.0708. The third kappa shape index (κ3) is 5.84. The molecule has 0 aliphatic carbocycles. The molecule has 0 fully saturated rings. The maximum absolute atomic E-state index is 11.5. The van der Waals surface area contributed by atoms with Crippen LogP contribution in [0.1, 0.15) is 27.7 Å². The van der Waals surface area contributed by atoms with Crippen molar-refractivity contribution in [1.82, 2.24) is 0 Å². The van der Waals surface area contributed by atoms with E-state index in [1.54, 1.807) is 20.8 Å². The van der Waals surface area contributed by atoms with E-state index in [1.165, 1.54) is 25.1 Å². The fourth-order valence-corrected chi connectivity index (χ4v) is 1.16. The summed E-state index contributed by atoms with van der Waals surface area (Å²) in [6, 6.07) is 4.02. The lowest BCUT2D eigenvalue weighted by Crippen LogP contribution is -2.21. The second kappa shape index (κ2) is 6.95. The molecule has 120 valence electrons. The van der Waals surface area contributed by atoms with Crippen LogP contribution in [-0.2, 0) is 9.68 Å². The number of rotatable bonds is 5. The van der Waals surface area contributed by atoms with Gasteiger partial charge in [0.2, 0.25) is 0 Å². The number of carbonyl (C=O) groups excluding carboxylic acids is 1. The van der Waals surface area contributed by atoms with Crippen molar-refractivity contribution in [2.75, 3.05) is 0 Å². The second-order valence-corrected chi connectivity index (χ2v) is 5.43. The Morgan fingerprint density at radius 1 is 1.14 bits per heavy atom. The highest BCUT2D eigenvalue weighted by Gasteiger charge is 2.17. The highest BCUT2D eigenvalue weighted by molar-refractivity contribution is 5.89. The van der Waals surface area contributed by atoms with Gasteiger partial charge in [0.25, 0.3) is 0 Å². The first-order chi connectivity index (χ1) is 10.1. The van der Waals surface area contributed by atoms with Gasteiger partial charge in [0.1, 0.15) is 5.60 Å². The summed E-state index contributed by atoms with van der Waals surface area (Å²) >= 11 is 0. The van der Waals surface area contributed by atoms with Gasteiger partial charge in [0, 0.05) is 11.6 Å². The lowest BCUT2D eigenvalue weighted by Gasteiger charge is -2.18. The van der Waals surface area contributed by atoms with E-state index in [0.29, 0.717) is 0 Å². The number of ether oxygens (including phenoxy) is 2. The fraction of sp³-hybridized carbons (Fsp3) is 0.333. The Hall–Kier alpha value is -2.54. The minimum Gasteiger partial charge on any atom is -0.449 e. The van der Waals surface area contributed by atoms with Crippen molar-refractivity contribution in [2.24, 2.45) is 0 Å². The average Bonchev–Trinajstić information content (AvgIpc) is 2.37. The zero-order valence-electron chi connectivity index (χ0n) is 12.8. The van der Waals surface area contributed by atoms with Gasteiger partial charge in [0.05, 0.1) is 0 Å². The van der Waals surface area contributed by atoms with Gasteiger partial charge in [-0.3, -0.25) is 0 Å². The van der Waals surface area contributed by atoms with Gasteiger partial charge in [-0.1, -0.05) is 6.58 Å². The fourth-order valence-electron chi connectivity index (χ4n) is 1.16. The lowest BCUT2D eigenvalue weighted by atomic mass is 10.2. The third-order valence-electron chi connectivity index (χ3n) is 2.05. The number of esters is 1. The van der Waals surface area contributed by atoms with Gasteiger partial charge >= 0.3 is 12.1 Å². The molecule has 0 saturated heterocycles. The highest BCUT2D eigenvalue weighted by atomic mass is 17.2. The van der Waals surface area contributed by atoms with Crippen LogP contribution in [0.2, 0.25) is 0 Å². The average molecular weight is 310 g/mol. The van der Waals surface area contributed by atoms with Crippen molar-refractivity contribution in [3.63, 3.8) is 0 Å². The maximum atomic E-state index is 11.5. The monoisotopic (exact) mass is 310 g/mol. The summed E-state index contributed by atoms with van der Waals surface area (Å²) in [7, 11) is 0. The molecule has 0 aromatic heterocycles. The first-order valence-corrected chi connectivity index (χ1v) is 6.36. The van der Waals surface area contributed by atoms with E-state index < -0.39 is 17.7 Å². The van der Waals surface area contributed by atoms with Crippen LogP contribution >= 0.6 is 0 Å². The topological polar surface area (TPSA) is 91.3 Å². The zero-order chi connectivity index (χ0) is 16.9. The smallest absolute Gasteiger partial charge is 0.449 e. The van der Waals surface area contributed by atoms with Crippen molar-refractivity contribution in [3.05, 3.63) is 30.4 Å². The molecule has 7 nitrogen and oxygen atoms in total. The van der Waals surface area contributed by atoms with Crippen LogP contribution in [0.15, 0.2) is 30.4 Å². The largest absolute Gasteiger partial charge is 0.511 e. The Kier molecular flexibility index (Phi) is 5.53. The molecule has 0 bridgehead atoms. The first kappa shape index (κ1) is 17.5. The van der Waals surface area contributed by atoms with Crippen molar-refractivity contribution in [1.29, 1.82) is 0 Å². The quantitative estimate of drug-likeness (QED) is 0.223. The Bertz CT molecular complexity index is 584. The number of carbonyl (C=O) groups is 2. The van der Waals surface area contributed by atoms with E-state index in [2.05, 4.69) is 11.3 Å². The molecular formula is C15H18O7. The molecule has 1 aromatic rings. The molecule has 0 aliphatic heterocycles. The Morgan fingerprint density at radius 3 is 2.27 bits per heavy atom. The van der Waals surface area contributed by atoms with Crippen molar-refractivity contribution in [3.8, 4) is 17.2 Å². The Labute approximate surface area is 128 Å². The van der Waals surface area contributed by atoms with E-state index in [0.717, 1.165) is 0 Å². The summed E-state index contributed by atoms with van der Waals surface area (Å²) in [6.45, 7) is 10.3. The van der Waals surface area contributed by atoms with E-state index >= 15 is 0 Å². The summed E-state index contributed by atoms with van der Waals surface area (Å²) in [5, 5.41) is 8.73. The van der Waals surface area contributed by atoms with Crippen LogP contribution in [-0.4, -0.2) is 22.8 Å². The van der Waals surface area contributed by atoms with E-state index in [4.69, 9.17) is 19.6 Å². The van der Waals surface area contributed by atoms with Crippen LogP contribution in [0.5, 0.6) is 17.2 Å².